The van der Waals surface area contributed by atoms with Crippen LogP contribution >= 0.6 is 0 Å². The Morgan fingerprint density at radius 2 is 2.23 bits per heavy atom. The molecule has 0 bridgehead atoms. The molecule has 0 atom stereocenters. The molecule has 1 aromatic rings. The lowest BCUT2D eigenvalue weighted by Crippen LogP contribution is -2.12. The second kappa shape index (κ2) is 2.67. The Morgan fingerprint density at radius 3 is 2.69 bits per heavy atom. The molecule has 1 aromatic heterocycles. The van der Waals surface area contributed by atoms with Crippen molar-refractivity contribution in [3.05, 3.63) is 17.6 Å². The van der Waals surface area contributed by atoms with Gasteiger partial charge in [0.2, 0.25) is 0 Å². The maximum Gasteiger partial charge on any atom is 0.136 e. The van der Waals surface area contributed by atoms with Crippen LogP contribution in [0.25, 0.3) is 0 Å². The normalized spacial score (nSPS) is 18.6. The van der Waals surface area contributed by atoms with E-state index < -0.39 is 0 Å². The van der Waals surface area contributed by atoms with Crippen LogP contribution in [0.2, 0.25) is 0 Å². The molecule has 0 unspecified atom stereocenters. The summed E-state index contributed by atoms with van der Waals surface area (Å²) in [5.41, 5.74) is 12.2. The fraction of sp³-hybridized carbons (Fsp3) is 0.556. The molecule has 0 spiro atoms. The van der Waals surface area contributed by atoms with Gasteiger partial charge >= 0.3 is 0 Å². The number of hydrogen-bond donors (Lipinski definition) is 2. The largest absolute Gasteiger partial charge is 0.383 e. The van der Waals surface area contributed by atoms with Gasteiger partial charge in [-0.15, -0.1) is 0 Å². The Hall–Kier alpha value is -1.16. The first-order valence-corrected chi connectivity index (χ1v) is 4.48. The SMILES string of the molecule is CC1(c2ncc(CN)c(N)n2)CC1. The van der Waals surface area contributed by atoms with E-state index in [2.05, 4.69) is 16.9 Å². The van der Waals surface area contributed by atoms with E-state index in [1.54, 1.807) is 6.20 Å². The Labute approximate surface area is 77.4 Å². The van der Waals surface area contributed by atoms with Crippen LogP contribution in [0.15, 0.2) is 6.20 Å². The summed E-state index contributed by atoms with van der Waals surface area (Å²) in [4.78, 5) is 8.54. The number of nitrogen functional groups attached to an aromatic ring is 1. The molecule has 0 aliphatic heterocycles. The molecule has 0 radical (unpaired) electrons. The third-order valence-corrected chi connectivity index (χ3v) is 2.66. The number of rotatable bonds is 2. The van der Waals surface area contributed by atoms with Gasteiger partial charge < -0.3 is 11.5 Å². The third-order valence-electron chi connectivity index (χ3n) is 2.66. The van der Waals surface area contributed by atoms with E-state index in [4.69, 9.17) is 11.5 Å². The topological polar surface area (TPSA) is 77.8 Å². The minimum atomic E-state index is 0.182. The first kappa shape index (κ1) is 8.44. The van der Waals surface area contributed by atoms with Gasteiger partial charge in [0.25, 0.3) is 0 Å². The number of nitrogens with two attached hydrogens (primary N) is 2. The number of anilines is 1. The molecule has 4 heteroatoms. The van der Waals surface area contributed by atoms with E-state index in [-0.39, 0.29) is 5.41 Å². The van der Waals surface area contributed by atoms with Crippen molar-refractivity contribution in [1.29, 1.82) is 0 Å². The molecular formula is C9H14N4. The molecule has 13 heavy (non-hydrogen) atoms. The Kier molecular flexibility index (Phi) is 1.73. The molecular weight excluding hydrogens is 164 g/mol. The molecule has 0 amide bonds. The van der Waals surface area contributed by atoms with Gasteiger partial charge in [-0.05, 0) is 12.8 Å². The van der Waals surface area contributed by atoms with Crippen molar-refractivity contribution in [3.63, 3.8) is 0 Å². The van der Waals surface area contributed by atoms with Crippen molar-refractivity contribution in [2.45, 2.75) is 31.7 Å². The summed E-state index contributed by atoms with van der Waals surface area (Å²) in [6.45, 7) is 2.56. The lowest BCUT2D eigenvalue weighted by atomic mass is 10.1. The molecule has 4 N–H and O–H groups in total. The molecule has 1 aliphatic carbocycles. The summed E-state index contributed by atoms with van der Waals surface area (Å²) < 4.78 is 0. The molecule has 1 fully saturated rings. The first-order valence-electron chi connectivity index (χ1n) is 4.48. The highest BCUT2D eigenvalue weighted by Gasteiger charge is 2.42. The summed E-state index contributed by atoms with van der Waals surface area (Å²) in [6.07, 6.45) is 4.06. The zero-order chi connectivity index (χ0) is 9.47. The van der Waals surface area contributed by atoms with Crippen LogP contribution in [0.3, 0.4) is 0 Å². The van der Waals surface area contributed by atoms with E-state index >= 15 is 0 Å². The van der Waals surface area contributed by atoms with Crippen molar-refractivity contribution in [2.24, 2.45) is 5.73 Å². The molecule has 2 rings (SSSR count). The molecule has 1 saturated carbocycles. The van der Waals surface area contributed by atoms with Crippen LogP contribution in [-0.2, 0) is 12.0 Å². The van der Waals surface area contributed by atoms with Gasteiger partial charge in [0.15, 0.2) is 0 Å². The first-order chi connectivity index (χ1) is 6.15. The standard InChI is InChI=1S/C9H14N4/c1-9(2-3-9)8-12-5-6(4-10)7(11)13-8/h5H,2-4,10H2,1H3,(H2,11,12,13). The predicted molar refractivity (Wildman–Crippen MR) is 50.9 cm³/mol. The van der Waals surface area contributed by atoms with Gasteiger partial charge in [-0.2, -0.15) is 0 Å². The van der Waals surface area contributed by atoms with Crippen LogP contribution < -0.4 is 11.5 Å². The summed E-state index contributed by atoms with van der Waals surface area (Å²) in [6, 6.07) is 0. The number of aromatic nitrogens is 2. The van der Waals surface area contributed by atoms with E-state index in [0.717, 1.165) is 24.2 Å². The quantitative estimate of drug-likeness (QED) is 0.694. The predicted octanol–water partition coefficient (Wildman–Crippen LogP) is 0.569. The number of hydrogen-bond acceptors (Lipinski definition) is 4. The maximum absolute atomic E-state index is 5.73. The molecule has 4 nitrogen and oxygen atoms in total. The van der Waals surface area contributed by atoms with Crippen molar-refractivity contribution >= 4 is 5.82 Å². The molecule has 1 heterocycles. The van der Waals surface area contributed by atoms with E-state index in [1.807, 2.05) is 0 Å². The van der Waals surface area contributed by atoms with Gasteiger partial charge in [-0.1, -0.05) is 6.92 Å². The minimum absolute atomic E-state index is 0.182. The maximum atomic E-state index is 5.73. The van der Waals surface area contributed by atoms with E-state index in [1.165, 1.54) is 0 Å². The van der Waals surface area contributed by atoms with Crippen LogP contribution in [0.5, 0.6) is 0 Å². The zero-order valence-electron chi connectivity index (χ0n) is 7.75. The van der Waals surface area contributed by atoms with Gasteiger partial charge in [-0.3, -0.25) is 0 Å². The van der Waals surface area contributed by atoms with E-state index in [9.17, 15) is 0 Å². The van der Waals surface area contributed by atoms with Crippen molar-refractivity contribution < 1.29 is 0 Å². The van der Waals surface area contributed by atoms with Crippen LogP contribution in [0.4, 0.5) is 5.82 Å². The van der Waals surface area contributed by atoms with Gasteiger partial charge in [0.1, 0.15) is 11.6 Å². The third kappa shape index (κ3) is 1.37. The van der Waals surface area contributed by atoms with Crippen LogP contribution in [0.1, 0.15) is 31.2 Å². The second-order valence-electron chi connectivity index (χ2n) is 3.87. The average Bonchev–Trinajstić information content (AvgIpc) is 2.85. The fourth-order valence-electron chi connectivity index (χ4n) is 1.28. The highest BCUT2D eigenvalue weighted by atomic mass is 15.0. The van der Waals surface area contributed by atoms with Crippen molar-refractivity contribution in [3.8, 4) is 0 Å². The van der Waals surface area contributed by atoms with Crippen molar-refractivity contribution in [2.75, 3.05) is 5.73 Å². The second-order valence-corrected chi connectivity index (χ2v) is 3.87. The fourth-order valence-corrected chi connectivity index (χ4v) is 1.28. The highest BCUT2D eigenvalue weighted by molar-refractivity contribution is 5.38. The average molecular weight is 178 g/mol. The molecule has 0 saturated heterocycles. The van der Waals surface area contributed by atoms with E-state index in [0.29, 0.717) is 12.4 Å². The Bertz CT molecular complexity index is 330. The molecule has 70 valence electrons. The lowest BCUT2D eigenvalue weighted by molar-refractivity contribution is 0.706. The summed E-state index contributed by atoms with van der Waals surface area (Å²) in [5.74, 6) is 1.39. The lowest BCUT2D eigenvalue weighted by Gasteiger charge is -2.08. The Morgan fingerprint density at radius 1 is 1.54 bits per heavy atom. The molecule has 1 aliphatic rings. The van der Waals surface area contributed by atoms with Crippen LogP contribution in [-0.4, -0.2) is 9.97 Å². The van der Waals surface area contributed by atoms with Gasteiger partial charge in [0, 0.05) is 23.7 Å². The monoisotopic (exact) mass is 178 g/mol. The summed E-state index contributed by atoms with van der Waals surface area (Å²) in [5, 5.41) is 0. The minimum Gasteiger partial charge on any atom is -0.383 e. The van der Waals surface area contributed by atoms with Gasteiger partial charge in [0.05, 0.1) is 0 Å². The Balaban J connectivity index is 2.36. The molecule has 0 aromatic carbocycles. The highest BCUT2D eigenvalue weighted by Crippen LogP contribution is 2.45. The van der Waals surface area contributed by atoms with Crippen molar-refractivity contribution in [1.82, 2.24) is 9.97 Å². The van der Waals surface area contributed by atoms with Crippen LogP contribution in [0, 0.1) is 0 Å². The summed E-state index contributed by atoms with van der Waals surface area (Å²) >= 11 is 0. The summed E-state index contributed by atoms with van der Waals surface area (Å²) in [7, 11) is 0. The smallest absolute Gasteiger partial charge is 0.136 e. The number of nitrogens with zero attached hydrogens (tertiary/aromatic N) is 2. The van der Waals surface area contributed by atoms with Gasteiger partial charge in [-0.25, -0.2) is 9.97 Å². The zero-order valence-corrected chi connectivity index (χ0v) is 7.75.